The van der Waals surface area contributed by atoms with Gasteiger partial charge in [0.25, 0.3) is 0 Å². The highest BCUT2D eigenvalue weighted by Gasteiger charge is 2.30. The number of unbranched alkanes of at least 4 members (excludes halogenated alkanes) is 1. The molecule has 0 spiro atoms. The second-order valence-electron chi connectivity index (χ2n) is 4.60. The maximum atomic E-state index is 11.5. The highest BCUT2D eigenvalue weighted by atomic mass is 16.3. The van der Waals surface area contributed by atoms with E-state index in [1.165, 1.54) is 6.42 Å². The molecule has 0 aromatic heterocycles. The number of aliphatic hydroxyl groups is 1. The lowest BCUT2D eigenvalue weighted by atomic mass is 9.81. The van der Waals surface area contributed by atoms with E-state index in [-0.39, 0.29) is 5.78 Å². The quantitative estimate of drug-likeness (QED) is 0.737. The molecule has 0 unspecified atom stereocenters. The minimum Gasteiger partial charge on any atom is -0.389 e. The van der Waals surface area contributed by atoms with Gasteiger partial charge in [0.15, 0.2) is 0 Å². The Bertz CT molecular complexity index is 181. The van der Waals surface area contributed by atoms with Gasteiger partial charge in [-0.3, -0.25) is 4.79 Å². The maximum absolute atomic E-state index is 11.5. The first-order chi connectivity index (χ1) is 6.66. The summed E-state index contributed by atoms with van der Waals surface area (Å²) in [4.78, 5) is 11.5. The molecule has 0 aromatic carbocycles. The van der Waals surface area contributed by atoms with Crippen LogP contribution in [0.3, 0.4) is 0 Å². The van der Waals surface area contributed by atoms with Crippen LogP contribution in [0, 0.1) is 0 Å². The zero-order valence-electron chi connectivity index (χ0n) is 9.22. The minimum atomic E-state index is -0.650. The lowest BCUT2D eigenvalue weighted by Crippen LogP contribution is -2.33. The van der Waals surface area contributed by atoms with Gasteiger partial charge in [0.1, 0.15) is 5.78 Å². The van der Waals surface area contributed by atoms with Gasteiger partial charge in [-0.2, -0.15) is 0 Å². The van der Waals surface area contributed by atoms with Crippen molar-refractivity contribution in [1.82, 2.24) is 0 Å². The molecule has 0 aromatic rings. The van der Waals surface area contributed by atoms with E-state index in [2.05, 4.69) is 6.92 Å². The van der Waals surface area contributed by atoms with E-state index in [1.807, 2.05) is 0 Å². The lowest BCUT2D eigenvalue weighted by Gasteiger charge is -2.31. The van der Waals surface area contributed by atoms with Crippen LogP contribution in [0.15, 0.2) is 0 Å². The average molecular weight is 198 g/mol. The number of hydrogen-bond donors (Lipinski definition) is 1. The van der Waals surface area contributed by atoms with Gasteiger partial charge in [-0.1, -0.05) is 32.6 Å². The third kappa shape index (κ3) is 3.79. The maximum Gasteiger partial charge on any atom is 0.135 e. The van der Waals surface area contributed by atoms with Gasteiger partial charge in [-0.05, 0) is 19.3 Å². The zero-order chi connectivity index (χ0) is 10.4. The first-order valence-corrected chi connectivity index (χ1v) is 5.90. The fraction of sp³-hybridized carbons (Fsp3) is 0.917. The standard InChI is InChI=1S/C12H22O2/c1-2-3-7-11(13)10-12(14)8-5-4-6-9-12/h14H,2-10H2,1H3. The molecule has 1 N–H and O–H groups in total. The van der Waals surface area contributed by atoms with Gasteiger partial charge in [0.2, 0.25) is 0 Å². The molecule has 0 heterocycles. The Hall–Kier alpha value is -0.370. The lowest BCUT2D eigenvalue weighted by molar-refractivity contribution is -0.125. The molecule has 0 atom stereocenters. The molecule has 1 aliphatic rings. The molecule has 1 fully saturated rings. The van der Waals surface area contributed by atoms with Crippen molar-refractivity contribution in [3.05, 3.63) is 0 Å². The molecule has 1 saturated carbocycles. The number of hydrogen-bond acceptors (Lipinski definition) is 2. The smallest absolute Gasteiger partial charge is 0.135 e. The van der Waals surface area contributed by atoms with E-state index >= 15 is 0 Å². The molecule has 2 nitrogen and oxygen atoms in total. The molecule has 1 aliphatic carbocycles. The van der Waals surface area contributed by atoms with Crippen molar-refractivity contribution in [2.24, 2.45) is 0 Å². The van der Waals surface area contributed by atoms with Crippen LogP contribution in [-0.2, 0) is 4.79 Å². The Kier molecular flexibility index (Phi) is 4.59. The number of ketones is 1. The predicted octanol–water partition coefficient (Wildman–Crippen LogP) is 2.83. The Morgan fingerprint density at radius 2 is 1.93 bits per heavy atom. The first-order valence-electron chi connectivity index (χ1n) is 5.90. The molecule has 0 radical (unpaired) electrons. The van der Waals surface area contributed by atoms with Crippen molar-refractivity contribution in [3.63, 3.8) is 0 Å². The summed E-state index contributed by atoms with van der Waals surface area (Å²) in [5.41, 5.74) is -0.650. The van der Waals surface area contributed by atoms with E-state index in [1.54, 1.807) is 0 Å². The Morgan fingerprint density at radius 1 is 1.29 bits per heavy atom. The molecular weight excluding hydrogens is 176 g/mol. The molecule has 82 valence electrons. The average Bonchev–Trinajstić information content (AvgIpc) is 2.15. The summed E-state index contributed by atoms with van der Waals surface area (Å²) >= 11 is 0. The van der Waals surface area contributed by atoms with E-state index < -0.39 is 5.60 Å². The van der Waals surface area contributed by atoms with Gasteiger partial charge in [-0.15, -0.1) is 0 Å². The highest BCUT2D eigenvalue weighted by molar-refractivity contribution is 5.79. The van der Waals surface area contributed by atoms with Crippen molar-refractivity contribution in [3.8, 4) is 0 Å². The summed E-state index contributed by atoms with van der Waals surface area (Å²) in [7, 11) is 0. The van der Waals surface area contributed by atoms with E-state index in [4.69, 9.17) is 0 Å². The molecule has 0 aliphatic heterocycles. The fourth-order valence-corrected chi connectivity index (χ4v) is 2.22. The minimum absolute atomic E-state index is 0.247. The van der Waals surface area contributed by atoms with Crippen LogP contribution >= 0.6 is 0 Å². The summed E-state index contributed by atoms with van der Waals surface area (Å²) in [5.74, 6) is 0.247. The predicted molar refractivity (Wildman–Crippen MR) is 57.2 cm³/mol. The number of Topliss-reactive ketones (excluding diaryl/α,β-unsaturated/α-hetero) is 1. The highest BCUT2D eigenvalue weighted by Crippen LogP contribution is 2.31. The van der Waals surface area contributed by atoms with E-state index in [0.29, 0.717) is 12.8 Å². The second kappa shape index (κ2) is 5.50. The Balaban J connectivity index is 2.29. The van der Waals surface area contributed by atoms with Crippen LogP contribution in [0.4, 0.5) is 0 Å². The molecule has 0 amide bonds. The van der Waals surface area contributed by atoms with Gasteiger partial charge in [0, 0.05) is 12.8 Å². The normalized spacial score (nSPS) is 20.7. The topological polar surface area (TPSA) is 37.3 Å². The third-order valence-electron chi connectivity index (χ3n) is 3.12. The van der Waals surface area contributed by atoms with Crippen molar-refractivity contribution in [2.45, 2.75) is 70.3 Å². The summed E-state index contributed by atoms with van der Waals surface area (Å²) in [6.45, 7) is 2.09. The number of carbonyl (C=O) groups is 1. The Labute approximate surface area is 86.7 Å². The third-order valence-corrected chi connectivity index (χ3v) is 3.12. The van der Waals surface area contributed by atoms with E-state index in [9.17, 15) is 9.90 Å². The fourth-order valence-electron chi connectivity index (χ4n) is 2.22. The van der Waals surface area contributed by atoms with Crippen molar-refractivity contribution in [1.29, 1.82) is 0 Å². The molecular formula is C12H22O2. The molecule has 2 heteroatoms. The van der Waals surface area contributed by atoms with E-state index in [0.717, 1.165) is 38.5 Å². The van der Waals surface area contributed by atoms with Crippen LogP contribution in [0.25, 0.3) is 0 Å². The van der Waals surface area contributed by atoms with Crippen molar-refractivity contribution < 1.29 is 9.90 Å². The van der Waals surface area contributed by atoms with Crippen LogP contribution < -0.4 is 0 Å². The van der Waals surface area contributed by atoms with Gasteiger partial charge in [-0.25, -0.2) is 0 Å². The van der Waals surface area contributed by atoms with Crippen LogP contribution in [0.2, 0.25) is 0 Å². The second-order valence-corrected chi connectivity index (χ2v) is 4.60. The summed E-state index contributed by atoms with van der Waals surface area (Å²) in [6.07, 6.45) is 8.10. The molecule has 1 rings (SSSR count). The SMILES string of the molecule is CCCCC(=O)CC1(O)CCCCC1. The molecule has 0 saturated heterocycles. The van der Waals surface area contributed by atoms with Gasteiger partial charge >= 0.3 is 0 Å². The summed E-state index contributed by atoms with van der Waals surface area (Å²) in [5, 5.41) is 10.1. The molecule has 0 bridgehead atoms. The van der Waals surface area contributed by atoms with Gasteiger partial charge < -0.3 is 5.11 Å². The van der Waals surface area contributed by atoms with Crippen LogP contribution in [0.1, 0.15) is 64.7 Å². The largest absolute Gasteiger partial charge is 0.389 e. The molecule has 14 heavy (non-hydrogen) atoms. The first kappa shape index (κ1) is 11.7. The number of rotatable bonds is 5. The summed E-state index contributed by atoms with van der Waals surface area (Å²) in [6, 6.07) is 0. The van der Waals surface area contributed by atoms with Crippen LogP contribution in [-0.4, -0.2) is 16.5 Å². The zero-order valence-corrected chi connectivity index (χ0v) is 9.22. The van der Waals surface area contributed by atoms with Crippen molar-refractivity contribution >= 4 is 5.78 Å². The van der Waals surface area contributed by atoms with Gasteiger partial charge in [0.05, 0.1) is 5.60 Å². The monoisotopic (exact) mass is 198 g/mol. The van der Waals surface area contributed by atoms with Crippen LogP contribution in [0.5, 0.6) is 0 Å². The Morgan fingerprint density at radius 3 is 2.50 bits per heavy atom. The summed E-state index contributed by atoms with van der Waals surface area (Å²) < 4.78 is 0. The number of carbonyl (C=O) groups excluding carboxylic acids is 1. The van der Waals surface area contributed by atoms with Crippen molar-refractivity contribution in [2.75, 3.05) is 0 Å².